The molecule has 2 aliphatic carbocycles. The van der Waals surface area contributed by atoms with Crippen molar-refractivity contribution in [2.45, 2.75) is 73.6 Å². The molecule has 8 aromatic rings. The zero-order valence-corrected chi connectivity index (χ0v) is 40.4. The molecule has 0 amide bonds. The number of allylic oxidation sites excluding steroid dienone is 11. The van der Waals surface area contributed by atoms with E-state index in [0.29, 0.717) is 0 Å². The molecular formula is C67H64. The van der Waals surface area contributed by atoms with Crippen molar-refractivity contribution in [3.63, 3.8) is 0 Å². The Morgan fingerprint density at radius 3 is 2.01 bits per heavy atom. The largest absolute Gasteiger partial charge is 0.0911 e. The molecule has 0 unspecified atom stereocenters. The fraction of sp³-hybridized carbons (Fsp3) is 0.164. The maximum Gasteiger partial charge on any atom is -0.00880 e. The van der Waals surface area contributed by atoms with E-state index in [1.165, 1.54) is 110 Å². The number of fused-ring (bicyclic) bond motifs is 6. The second-order valence-corrected chi connectivity index (χ2v) is 17.2. The van der Waals surface area contributed by atoms with Crippen molar-refractivity contribution in [2.24, 2.45) is 0 Å². The van der Waals surface area contributed by atoms with Gasteiger partial charge in [0, 0.05) is 0 Å². The van der Waals surface area contributed by atoms with Gasteiger partial charge in [0.05, 0.1) is 0 Å². The van der Waals surface area contributed by atoms with Crippen molar-refractivity contribution < 1.29 is 0 Å². The summed E-state index contributed by atoms with van der Waals surface area (Å²) in [5, 5.41) is 7.68. The van der Waals surface area contributed by atoms with Crippen molar-refractivity contribution in [3.05, 3.63) is 262 Å². The molecule has 332 valence electrons. The van der Waals surface area contributed by atoms with Gasteiger partial charge in [-0.15, -0.1) is 0 Å². The van der Waals surface area contributed by atoms with Crippen LogP contribution in [0.2, 0.25) is 0 Å². The molecule has 0 atom stereocenters. The van der Waals surface area contributed by atoms with E-state index in [2.05, 4.69) is 220 Å². The van der Waals surface area contributed by atoms with Crippen molar-refractivity contribution in [3.8, 4) is 11.1 Å². The first-order valence-electron chi connectivity index (χ1n) is 24.5. The normalized spacial score (nSPS) is 13.6. The second-order valence-electron chi connectivity index (χ2n) is 17.2. The Morgan fingerprint density at radius 1 is 0.582 bits per heavy atom. The summed E-state index contributed by atoms with van der Waals surface area (Å²) in [6, 6.07) is 58.2. The molecule has 67 heavy (non-hydrogen) atoms. The zero-order chi connectivity index (χ0) is 46.7. The molecule has 0 bridgehead atoms. The number of rotatable bonds is 10. The summed E-state index contributed by atoms with van der Waals surface area (Å²) in [4.78, 5) is 0. The van der Waals surface area contributed by atoms with Gasteiger partial charge < -0.3 is 0 Å². The average molecular weight is 869 g/mol. The van der Waals surface area contributed by atoms with E-state index < -0.39 is 0 Å². The summed E-state index contributed by atoms with van der Waals surface area (Å²) >= 11 is 0. The molecule has 0 saturated carbocycles. The van der Waals surface area contributed by atoms with Crippen LogP contribution in [0, 0.1) is 6.92 Å². The predicted molar refractivity (Wildman–Crippen MR) is 297 cm³/mol. The molecule has 0 aromatic heterocycles. The summed E-state index contributed by atoms with van der Waals surface area (Å²) in [5.74, 6) is 0. The van der Waals surface area contributed by atoms with Crippen LogP contribution >= 0.6 is 0 Å². The molecular weight excluding hydrogens is 805 g/mol. The molecule has 0 fully saturated rings. The Balaban J connectivity index is 0.00000148. The summed E-state index contributed by atoms with van der Waals surface area (Å²) in [6.07, 6.45) is 23.6. The topological polar surface area (TPSA) is 0 Å². The van der Waals surface area contributed by atoms with Crippen molar-refractivity contribution >= 4 is 55.1 Å². The van der Waals surface area contributed by atoms with Gasteiger partial charge in [0.15, 0.2) is 0 Å². The van der Waals surface area contributed by atoms with Gasteiger partial charge in [-0.25, -0.2) is 0 Å². The minimum Gasteiger partial charge on any atom is -0.0911 e. The molecule has 8 aromatic carbocycles. The van der Waals surface area contributed by atoms with Gasteiger partial charge in [-0.2, -0.15) is 0 Å². The number of hydrogen-bond acceptors (Lipinski definition) is 0. The number of aryl methyl sites for hydroxylation is 2. The van der Waals surface area contributed by atoms with Crippen molar-refractivity contribution in [2.75, 3.05) is 0 Å². The summed E-state index contributed by atoms with van der Waals surface area (Å²) in [7, 11) is 0. The lowest BCUT2D eigenvalue weighted by molar-refractivity contribution is 0.968. The summed E-state index contributed by atoms with van der Waals surface area (Å²) in [5.41, 5.74) is 18.7. The zero-order valence-electron chi connectivity index (χ0n) is 40.4. The Hall–Kier alpha value is -7.28. The van der Waals surface area contributed by atoms with E-state index >= 15 is 0 Å². The van der Waals surface area contributed by atoms with Crippen LogP contribution in [0.5, 0.6) is 0 Å². The molecule has 0 heteroatoms. The smallest absolute Gasteiger partial charge is 0.00880 e. The van der Waals surface area contributed by atoms with Crippen molar-refractivity contribution in [1.29, 1.82) is 0 Å². The molecule has 0 heterocycles. The van der Waals surface area contributed by atoms with E-state index in [1.807, 2.05) is 27.7 Å². The third kappa shape index (κ3) is 10.1. The van der Waals surface area contributed by atoms with Crippen LogP contribution in [0.4, 0.5) is 0 Å². The van der Waals surface area contributed by atoms with E-state index in [1.54, 1.807) is 0 Å². The van der Waals surface area contributed by atoms with E-state index in [0.717, 1.165) is 37.7 Å². The third-order valence-electron chi connectivity index (χ3n) is 13.1. The second kappa shape index (κ2) is 21.8. The van der Waals surface area contributed by atoms with Gasteiger partial charge in [0.25, 0.3) is 0 Å². The van der Waals surface area contributed by atoms with Crippen LogP contribution in [-0.2, 0) is 12.8 Å². The highest BCUT2D eigenvalue weighted by molar-refractivity contribution is 6.14. The highest BCUT2D eigenvalue weighted by Gasteiger charge is 2.18. The summed E-state index contributed by atoms with van der Waals surface area (Å²) < 4.78 is 0. The van der Waals surface area contributed by atoms with Crippen LogP contribution in [0.25, 0.3) is 66.2 Å². The van der Waals surface area contributed by atoms with E-state index in [4.69, 9.17) is 6.58 Å². The van der Waals surface area contributed by atoms with E-state index in [-0.39, 0.29) is 0 Å². The minimum absolute atomic E-state index is 0.806. The monoisotopic (exact) mass is 869 g/mol. The Kier molecular flexibility index (Phi) is 15.1. The van der Waals surface area contributed by atoms with E-state index in [9.17, 15) is 0 Å². The highest BCUT2D eigenvalue weighted by atomic mass is 14.2. The average Bonchev–Trinajstić information content (AvgIpc) is 3.40. The fourth-order valence-electron chi connectivity index (χ4n) is 9.78. The Morgan fingerprint density at radius 2 is 1.25 bits per heavy atom. The molecule has 2 aliphatic rings. The lowest BCUT2D eigenvalue weighted by Gasteiger charge is -2.20. The standard InChI is InChI=1S/C63H52.2C2H6/c1-43-33-35-53(63-42-52-25-11-13-28-55(52)57-30-15-17-32-59(57)63)41-60(43)62(38-45(3)61-40-51-24-10-12-27-54(51)56-29-14-16-31-58(56)61)50-26-18-19-46(39-50)34-36-49(48-22-8-5-9-23-48)37-44(2)47-20-6-4-7-21-47;2*1-2/h4-6,8-13,15-20,22-28,30-33,35-42H,3,7,14,21,29,34H2,1-2H3;2*1-2H3/b44-37+,49-36+,62-38-;;. The van der Waals surface area contributed by atoms with Gasteiger partial charge in [-0.1, -0.05) is 216 Å². The number of hydrogen-bond donors (Lipinski definition) is 0. The number of benzene rings is 8. The summed E-state index contributed by atoms with van der Waals surface area (Å²) in [6.45, 7) is 17.4. The van der Waals surface area contributed by atoms with Crippen LogP contribution in [-0.4, -0.2) is 0 Å². The first kappa shape index (κ1) is 46.3. The van der Waals surface area contributed by atoms with Gasteiger partial charge in [-0.05, 0) is 186 Å². The van der Waals surface area contributed by atoms with Gasteiger partial charge in [0.1, 0.15) is 0 Å². The van der Waals surface area contributed by atoms with Crippen LogP contribution in [0.15, 0.2) is 218 Å². The third-order valence-corrected chi connectivity index (χ3v) is 13.1. The first-order chi connectivity index (χ1) is 33.0. The first-order valence-corrected chi connectivity index (χ1v) is 24.5. The molecule has 0 aliphatic heterocycles. The molecule has 10 rings (SSSR count). The van der Waals surface area contributed by atoms with Gasteiger partial charge in [0.2, 0.25) is 0 Å². The van der Waals surface area contributed by atoms with Gasteiger partial charge >= 0.3 is 0 Å². The fourth-order valence-corrected chi connectivity index (χ4v) is 9.78. The molecule has 0 nitrogen and oxygen atoms in total. The Bertz CT molecular complexity index is 3260. The highest BCUT2D eigenvalue weighted by Crippen LogP contribution is 2.40. The van der Waals surface area contributed by atoms with Crippen molar-refractivity contribution in [1.82, 2.24) is 0 Å². The van der Waals surface area contributed by atoms with Crippen LogP contribution in [0.3, 0.4) is 0 Å². The van der Waals surface area contributed by atoms with Crippen LogP contribution < -0.4 is 0 Å². The molecule has 0 N–H and O–H groups in total. The predicted octanol–water partition coefficient (Wildman–Crippen LogP) is 19.1. The lowest BCUT2D eigenvalue weighted by Crippen LogP contribution is -2.01. The van der Waals surface area contributed by atoms with Gasteiger partial charge in [-0.3, -0.25) is 0 Å². The van der Waals surface area contributed by atoms with Crippen LogP contribution in [0.1, 0.15) is 98.4 Å². The molecule has 0 radical (unpaired) electrons. The quantitative estimate of drug-likeness (QED) is 0.0949. The Labute approximate surface area is 400 Å². The maximum absolute atomic E-state index is 4.86. The minimum atomic E-state index is 0.806. The molecule has 0 spiro atoms. The SMILES string of the molecule is C=C(/C=C(/c1cccc(C/C=C(\C=C(/C)C2=CC=CCC2)c2ccccc2)c1)c1cc(-c2cc3ccccc3c3ccccc23)ccc1C)c1cc2ccccc2c2c1C=CCC2.CC.CC. The molecule has 0 saturated heterocycles. The maximum atomic E-state index is 4.86. The lowest BCUT2D eigenvalue weighted by atomic mass is 9.84.